The molecule has 3 rings (SSSR count). The van der Waals surface area contributed by atoms with Crippen LogP contribution in [-0.2, 0) is 22.6 Å². The van der Waals surface area contributed by atoms with E-state index in [-0.39, 0.29) is 17.9 Å². The first-order valence-corrected chi connectivity index (χ1v) is 9.06. The molecule has 24 heavy (non-hydrogen) atoms. The number of halogens is 1. The number of amides is 2. The van der Waals surface area contributed by atoms with Gasteiger partial charge in [0.15, 0.2) is 0 Å². The molecule has 0 N–H and O–H groups in total. The van der Waals surface area contributed by atoms with Crippen molar-refractivity contribution in [2.75, 3.05) is 13.1 Å². The number of nitrogens with zero attached hydrogens (tertiary/aromatic N) is 2. The van der Waals surface area contributed by atoms with Gasteiger partial charge in [-0.05, 0) is 50.5 Å². The number of carbonyl (C=O) groups is 2. The van der Waals surface area contributed by atoms with Crippen LogP contribution in [0.4, 0.5) is 4.79 Å². The van der Waals surface area contributed by atoms with Gasteiger partial charge in [-0.2, -0.15) is 0 Å². The van der Waals surface area contributed by atoms with Gasteiger partial charge < -0.3 is 14.5 Å². The van der Waals surface area contributed by atoms with Gasteiger partial charge in [-0.3, -0.25) is 4.79 Å². The highest BCUT2D eigenvalue weighted by atomic mass is 79.9. The second-order valence-corrected chi connectivity index (χ2v) is 8.43. The molecule has 1 unspecified atom stereocenters. The van der Waals surface area contributed by atoms with Crippen LogP contribution in [0.2, 0.25) is 0 Å². The molecular weight excluding hydrogens is 372 g/mol. The van der Waals surface area contributed by atoms with Crippen molar-refractivity contribution in [3.63, 3.8) is 0 Å². The third kappa shape index (κ3) is 3.74. The third-order valence-electron chi connectivity index (χ3n) is 4.39. The molecule has 1 fully saturated rings. The Bertz CT molecular complexity index is 669. The molecule has 1 aromatic rings. The van der Waals surface area contributed by atoms with Gasteiger partial charge in [0.1, 0.15) is 5.60 Å². The van der Waals surface area contributed by atoms with Crippen molar-refractivity contribution in [3.8, 4) is 0 Å². The van der Waals surface area contributed by atoms with Crippen molar-refractivity contribution in [3.05, 3.63) is 33.8 Å². The highest BCUT2D eigenvalue weighted by Gasteiger charge is 2.36. The Morgan fingerprint density at radius 3 is 2.58 bits per heavy atom. The molecule has 2 aliphatic heterocycles. The lowest BCUT2D eigenvalue weighted by molar-refractivity contribution is -0.135. The maximum absolute atomic E-state index is 12.8. The van der Waals surface area contributed by atoms with Gasteiger partial charge in [0, 0.05) is 30.7 Å². The molecule has 0 aliphatic carbocycles. The molecule has 2 aliphatic rings. The van der Waals surface area contributed by atoms with Crippen molar-refractivity contribution in [1.29, 1.82) is 0 Å². The van der Waals surface area contributed by atoms with Gasteiger partial charge >= 0.3 is 6.09 Å². The monoisotopic (exact) mass is 394 g/mol. The van der Waals surface area contributed by atoms with Crippen molar-refractivity contribution in [2.45, 2.75) is 45.9 Å². The van der Waals surface area contributed by atoms with Crippen molar-refractivity contribution in [2.24, 2.45) is 5.92 Å². The summed E-state index contributed by atoms with van der Waals surface area (Å²) < 4.78 is 6.43. The third-order valence-corrected chi connectivity index (χ3v) is 4.88. The highest BCUT2D eigenvalue weighted by molar-refractivity contribution is 9.10. The number of rotatable bonds is 1. The SMILES string of the molecule is CC(C)(C)OC(=O)N1CCC(C(=O)N2Cc3ccc(Br)cc3C2)C1. The molecule has 1 aromatic carbocycles. The molecule has 1 saturated heterocycles. The van der Waals surface area contributed by atoms with Gasteiger partial charge in [0.25, 0.3) is 0 Å². The summed E-state index contributed by atoms with van der Waals surface area (Å²) in [6.07, 6.45) is 0.376. The lowest BCUT2D eigenvalue weighted by Gasteiger charge is -2.25. The van der Waals surface area contributed by atoms with Gasteiger partial charge in [0.05, 0.1) is 5.92 Å². The first kappa shape index (κ1) is 17.3. The van der Waals surface area contributed by atoms with E-state index < -0.39 is 5.60 Å². The molecule has 6 heteroatoms. The van der Waals surface area contributed by atoms with E-state index in [2.05, 4.69) is 28.1 Å². The van der Waals surface area contributed by atoms with Crippen LogP contribution in [0.1, 0.15) is 38.3 Å². The summed E-state index contributed by atoms with van der Waals surface area (Å²) in [5, 5.41) is 0. The molecule has 130 valence electrons. The van der Waals surface area contributed by atoms with E-state index in [1.54, 1.807) is 4.90 Å². The van der Waals surface area contributed by atoms with Crippen LogP contribution < -0.4 is 0 Å². The fraction of sp³-hybridized carbons (Fsp3) is 0.556. The van der Waals surface area contributed by atoms with Crippen LogP contribution in [0, 0.1) is 5.92 Å². The summed E-state index contributed by atoms with van der Waals surface area (Å²) in [4.78, 5) is 28.5. The summed E-state index contributed by atoms with van der Waals surface area (Å²) >= 11 is 3.47. The average Bonchev–Trinajstić information content (AvgIpc) is 3.11. The quantitative estimate of drug-likeness (QED) is 0.731. The van der Waals surface area contributed by atoms with Gasteiger partial charge in [-0.1, -0.05) is 22.0 Å². The van der Waals surface area contributed by atoms with Crippen molar-refractivity contribution < 1.29 is 14.3 Å². The van der Waals surface area contributed by atoms with Gasteiger partial charge in [0.2, 0.25) is 5.91 Å². The predicted molar refractivity (Wildman–Crippen MR) is 94.3 cm³/mol. The topological polar surface area (TPSA) is 49.9 Å². The molecule has 2 heterocycles. The first-order chi connectivity index (χ1) is 11.2. The predicted octanol–water partition coefficient (Wildman–Crippen LogP) is 3.55. The van der Waals surface area contributed by atoms with E-state index in [1.165, 1.54) is 11.1 Å². The highest BCUT2D eigenvalue weighted by Crippen LogP contribution is 2.29. The van der Waals surface area contributed by atoms with E-state index >= 15 is 0 Å². The minimum Gasteiger partial charge on any atom is -0.444 e. The Balaban J connectivity index is 1.59. The lowest BCUT2D eigenvalue weighted by Crippen LogP contribution is -2.37. The molecule has 0 saturated carbocycles. The first-order valence-electron chi connectivity index (χ1n) is 8.27. The van der Waals surface area contributed by atoms with E-state index in [1.807, 2.05) is 31.7 Å². The maximum Gasteiger partial charge on any atom is 0.410 e. The second-order valence-electron chi connectivity index (χ2n) is 7.52. The van der Waals surface area contributed by atoms with E-state index in [4.69, 9.17) is 4.74 Å². The Morgan fingerprint density at radius 2 is 1.88 bits per heavy atom. The Morgan fingerprint density at radius 1 is 1.17 bits per heavy atom. The summed E-state index contributed by atoms with van der Waals surface area (Å²) in [6, 6.07) is 6.14. The molecule has 0 spiro atoms. The zero-order chi connectivity index (χ0) is 17.5. The fourth-order valence-electron chi connectivity index (χ4n) is 3.23. The second kappa shape index (κ2) is 6.39. The number of likely N-dealkylation sites (tertiary alicyclic amines) is 1. The molecular formula is C18H23BrN2O3. The van der Waals surface area contributed by atoms with Crippen LogP contribution in [0.5, 0.6) is 0 Å². The summed E-state index contributed by atoms with van der Waals surface area (Å²) in [7, 11) is 0. The van der Waals surface area contributed by atoms with E-state index in [0.29, 0.717) is 32.6 Å². The molecule has 0 radical (unpaired) electrons. The minimum atomic E-state index is -0.511. The number of fused-ring (bicyclic) bond motifs is 1. The van der Waals surface area contributed by atoms with E-state index in [9.17, 15) is 9.59 Å². The lowest BCUT2D eigenvalue weighted by atomic mass is 10.1. The van der Waals surface area contributed by atoms with Crippen LogP contribution in [0.15, 0.2) is 22.7 Å². The molecule has 1 atom stereocenters. The molecule has 2 amide bonds. The number of hydrogen-bond acceptors (Lipinski definition) is 3. The zero-order valence-corrected chi connectivity index (χ0v) is 15.9. The van der Waals surface area contributed by atoms with Gasteiger partial charge in [-0.25, -0.2) is 4.79 Å². The summed E-state index contributed by atoms with van der Waals surface area (Å²) in [5.74, 6) is 0.00338. The van der Waals surface area contributed by atoms with Crippen molar-refractivity contribution >= 4 is 27.9 Å². The Labute approximate surface area is 151 Å². The van der Waals surface area contributed by atoms with Crippen LogP contribution in [-0.4, -0.2) is 40.5 Å². The Hall–Kier alpha value is -1.56. The normalized spacial score (nSPS) is 20.2. The van der Waals surface area contributed by atoms with Gasteiger partial charge in [-0.15, -0.1) is 0 Å². The summed E-state index contributed by atoms with van der Waals surface area (Å²) in [5.41, 5.74) is 1.89. The fourth-order valence-corrected chi connectivity index (χ4v) is 3.64. The number of hydrogen-bond donors (Lipinski definition) is 0. The van der Waals surface area contributed by atoms with Crippen molar-refractivity contribution in [1.82, 2.24) is 9.80 Å². The van der Waals surface area contributed by atoms with Crippen LogP contribution in [0.3, 0.4) is 0 Å². The zero-order valence-electron chi connectivity index (χ0n) is 14.3. The molecule has 0 aromatic heterocycles. The molecule has 5 nitrogen and oxygen atoms in total. The molecule has 0 bridgehead atoms. The average molecular weight is 395 g/mol. The smallest absolute Gasteiger partial charge is 0.410 e. The number of benzene rings is 1. The number of carbonyl (C=O) groups excluding carboxylic acids is 2. The Kier molecular flexibility index (Phi) is 4.60. The maximum atomic E-state index is 12.8. The summed E-state index contributed by atoms with van der Waals surface area (Å²) in [6.45, 7) is 7.89. The van der Waals surface area contributed by atoms with Crippen LogP contribution >= 0.6 is 15.9 Å². The van der Waals surface area contributed by atoms with E-state index in [0.717, 1.165) is 4.47 Å². The standard InChI is InChI=1S/C18H23BrN2O3/c1-18(2,3)24-17(23)20-7-6-13(10-20)16(22)21-9-12-4-5-15(19)8-14(12)11-21/h4-5,8,13H,6-7,9-11H2,1-3H3. The minimum absolute atomic E-state index is 0.129. The van der Waals surface area contributed by atoms with Crippen LogP contribution in [0.25, 0.3) is 0 Å². The largest absolute Gasteiger partial charge is 0.444 e. The number of ether oxygens (including phenoxy) is 1.